The predicted molar refractivity (Wildman–Crippen MR) is 72.2 cm³/mol. The summed E-state index contributed by atoms with van der Waals surface area (Å²) in [5.41, 5.74) is 1.24. The van der Waals surface area contributed by atoms with Crippen molar-refractivity contribution in [2.45, 2.75) is 12.8 Å². The highest BCUT2D eigenvalue weighted by Gasteiger charge is 2.20. The molecule has 1 aromatic rings. The lowest BCUT2D eigenvalue weighted by molar-refractivity contribution is 0.230. The van der Waals surface area contributed by atoms with Crippen LogP contribution in [-0.2, 0) is 14.3 Å². The van der Waals surface area contributed by atoms with Crippen LogP contribution in [0.15, 0.2) is 30.3 Å². The van der Waals surface area contributed by atoms with E-state index in [1.807, 2.05) is 18.2 Å². The first-order valence-corrected chi connectivity index (χ1v) is 8.00. The summed E-state index contributed by atoms with van der Waals surface area (Å²) in [5, 5.41) is 0. The predicted octanol–water partition coefficient (Wildman–Crippen LogP) is 1.88. The van der Waals surface area contributed by atoms with E-state index in [0.29, 0.717) is 12.5 Å². The van der Waals surface area contributed by atoms with Crippen molar-refractivity contribution < 1.29 is 12.6 Å². The van der Waals surface area contributed by atoms with Crippen molar-refractivity contribution in [3.05, 3.63) is 30.3 Å². The molecule has 1 heterocycles. The number of rotatable bonds is 4. The molecule has 1 aromatic carbocycles. The number of benzene rings is 1. The summed E-state index contributed by atoms with van der Waals surface area (Å²) in [6.45, 7) is 2.24. The van der Waals surface area contributed by atoms with Gasteiger partial charge >= 0.3 is 0 Å². The molecule has 4 nitrogen and oxygen atoms in total. The maximum Gasteiger partial charge on any atom is 0.264 e. The van der Waals surface area contributed by atoms with E-state index in [-0.39, 0.29) is 0 Å². The summed E-state index contributed by atoms with van der Waals surface area (Å²) in [6.07, 6.45) is 3.06. The maximum absolute atomic E-state index is 10.9. The number of hydrogen-bond donors (Lipinski definition) is 0. The zero-order valence-corrected chi connectivity index (χ0v) is 11.4. The van der Waals surface area contributed by atoms with Crippen LogP contribution in [0.5, 0.6) is 0 Å². The van der Waals surface area contributed by atoms with Gasteiger partial charge in [0.15, 0.2) is 0 Å². The molecule has 0 aliphatic carbocycles. The van der Waals surface area contributed by atoms with Gasteiger partial charge in [-0.25, -0.2) is 0 Å². The first kappa shape index (κ1) is 13.4. The van der Waals surface area contributed by atoms with Crippen molar-refractivity contribution in [3.8, 4) is 0 Å². The lowest BCUT2D eigenvalue weighted by atomic mass is 9.97. The van der Waals surface area contributed by atoms with E-state index in [2.05, 4.69) is 17.0 Å². The molecule has 0 aromatic heterocycles. The van der Waals surface area contributed by atoms with Crippen LogP contribution < -0.4 is 4.90 Å². The molecular weight excluding hydrogens is 250 g/mol. The molecular formula is C13H19NO3S. The van der Waals surface area contributed by atoms with Gasteiger partial charge in [-0.3, -0.25) is 4.18 Å². The summed E-state index contributed by atoms with van der Waals surface area (Å²) < 4.78 is 26.7. The van der Waals surface area contributed by atoms with Crippen LogP contribution in [0.3, 0.4) is 0 Å². The van der Waals surface area contributed by atoms with Crippen molar-refractivity contribution in [1.29, 1.82) is 0 Å². The molecule has 2 rings (SSSR count). The molecule has 0 N–H and O–H groups in total. The Kier molecular flexibility index (Phi) is 4.24. The summed E-state index contributed by atoms with van der Waals surface area (Å²) in [5.74, 6) is 0.347. The van der Waals surface area contributed by atoms with E-state index in [1.165, 1.54) is 5.69 Å². The van der Waals surface area contributed by atoms with Crippen LogP contribution in [0.1, 0.15) is 12.8 Å². The van der Waals surface area contributed by atoms with Crippen LogP contribution in [0.25, 0.3) is 0 Å². The van der Waals surface area contributed by atoms with Gasteiger partial charge in [0.1, 0.15) is 0 Å². The third kappa shape index (κ3) is 3.99. The first-order chi connectivity index (χ1) is 8.54. The Morgan fingerprint density at radius 1 is 1.22 bits per heavy atom. The second kappa shape index (κ2) is 5.71. The first-order valence-electron chi connectivity index (χ1n) is 6.19. The average Bonchev–Trinajstić information content (AvgIpc) is 2.37. The van der Waals surface area contributed by atoms with Gasteiger partial charge in [0.25, 0.3) is 10.1 Å². The van der Waals surface area contributed by atoms with Gasteiger partial charge in [-0.05, 0) is 30.9 Å². The highest BCUT2D eigenvalue weighted by molar-refractivity contribution is 7.85. The SMILES string of the molecule is CS(=O)(=O)OCC1CCN(c2ccccc2)CC1. The van der Waals surface area contributed by atoms with Crippen molar-refractivity contribution in [2.24, 2.45) is 5.92 Å². The molecule has 0 spiro atoms. The van der Waals surface area contributed by atoms with Crippen molar-refractivity contribution in [3.63, 3.8) is 0 Å². The zero-order chi connectivity index (χ0) is 13.0. The maximum atomic E-state index is 10.9. The minimum absolute atomic E-state index is 0.321. The standard InChI is InChI=1S/C13H19NO3S/c1-18(15,16)17-11-12-7-9-14(10-8-12)13-5-3-2-4-6-13/h2-6,12H,7-11H2,1H3. The zero-order valence-electron chi connectivity index (χ0n) is 10.6. The fourth-order valence-corrected chi connectivity index (χ4v) is 2.66. The van der Waals surface area contributed by atoms with Crippen LogP contribution in [0.2, 0.25) is 0 Å². The molecule has 0 radical (unpaired) electrons. The summed E-state index contributed by atoms with van der Waals surface area (Å²) >= 11 is 0. The number of hydrogen-bond acceptors (Lipinski definition) is 4. The molecule has 0 atom stereocenters. The molecule has 1 fully saturated rings. The number of anilines is 1. The Hall–Kier alpha value is -1.07. The van der Waals surface area contributed by atoms with Gasteiger partial charge < -0.3 is 4.90 Å². The monoisotopic (exact) mass is 269 g/mol. The van der Waals surface area contributed by atoms with Crippen molar-refractivity contribution in [1.82, 2.24) is 0 Å². The molecule has 0 saturated carbocycles. The molecule has 1 saturated heterocycles. The highest BCUT2D eigenvalue weighted by Crippen LogP contribution is 2.23. The number of nitrogens with zero attached hydrogens (tertiary/aromatic N) is 1. The van der Waals surface area contributed by atoms with E-state index in [1.54, 1.807) is 0 Å². The molecule has 0 unspecified atom stereocenters. The smallest absolute Gasteiger partial charge is 0.264 e. The lowest BCUT2D eigenvalue weighted by Crippen LogP contribution is -2.35. The van der Waals surface area contributed by atoms with E-state index >= 15 is 0 Å². The Bertz CT molecular complexity index is 464. The normalized spacial score (nSPS) is 17.9. The molecule has 1 aliphatic heterocycles. The molecule has 18 heavy (non-hydrogen) atoms. The van der Waals surface area contributed by atoms with E-state index in [9.17, 15) is 8.42 Å². The quantitative estimate of drug-likeness (QED) is 0.783. The number of para-hydroxylation sites is 1. The second-order valence-electron chi connectivity index (χ2n) is 4.75. The van der Waals surface area contributed by atoms with Gasteiger partial charge in [0, 0.05) is 18.8 Å². The van der Waals surface area contributed by atoms with Crippen molar-refractivity contribution in [2.75, 3.05) is 30.9 Å². The van der Waals surface area contributed by atoms with Gasteiger partial charge in [0.05, 0.1) is 12.9 Å². The Morgan fingerprint density at radius 3 is 2.39 bits per heavy atom. The van der Waals surface area contributed by atoms with Crippen LogP contribution in [-0.4, -0.2) is 34.4 Å². The fraction of sp³-hybridized carbons (Fsp3) is 0.538. The van der Waals surface area contributed by atoms with Crippen LogP contribution in [0.4, 0.5) is 5.69 Å². The summed E-state index contributed by atoms with van der Waals surface area (Å²) in [4.78, 5) is 2.33. The lowest BCUT2D eigenvalue weighted by Gasteiger charge is -2.33. The summed E-state index contributed by atoms with van der Waals surface area (Å²) in [7, 11) is -3.30. The van der Waals surface area contributed by atoms with Gasteiger partial charge in [-0.15, -0.1) is 0 Å². The number of piperidine rings is 1. The van der Waals surface area contributed by atoms with E-state index in [0.717, 1.165) is 32.2 Å². The average molecular weight is 269 g/mol. The second-order valence-corrected chi connectivity index (χ2v) is 6.40. The minimum atomic E-state index is -3.30. The largest absolute Gasteiger partial charge is 0.372 e. The molecule has 5 heteroatoms. The Balaban J connectivity index is 1.82. The van der Waals surface area contributed by atoms with Crippen LogP contribution >= 0.6 is 0 Å². The molecule has 1 aliphatic rings. The van der Waals surface area contributed by atoms with Gasteiger partial charge in [0.2, 0.25) is 0 Å². The molecule has 100 valence electrons. The van der Waals surface area contributed by atoms with Crippen molar-refractivity contribution >= 4 is 15.8 Å². The van der Waals surface area contributed by atoms with Gasteiger partial charge in [-0.2, -0.15) is 8.42 Å². The van der Waals surface area contributed by atoms with E-state index < -0.39 is 10.1 Å². The third-order valence-electron chi connectivity index (χ3n) is 3.25. The minimum Gasteiger partial charge on any atom is -0.372 e. The summed E-state index contributed by atoms with van der Waals surface area (Å²) in [6, 6.07) is 10.3. The fourth-order valence-electron chi connectivity index (χ4n) is 2.22. The van der Waals surface area contributed by atoms with E-state index in [4.69, 9.17) is 4.18 Å². The van der Waals surface area contributed by atoms with Crippen LogP contribution in [0, 0.1) is 5.92 Å². The topological polar surface area (TPSA) is 46.6 Å². The van der Waals surface area contributed by atoms with Gasteiger partial charge in [-0.1, -0.05) is 18.2 Å². The highest BCUT2D eigenvalue weighted by atomic mass is 32.2. The third-order valence-corrected chi connectivity index (χ3v) is 3.82. The molecule has 0 amide bonds. The Labute approximate surface area is 109 Å². The molecule has 0 bridgehead atoms. The Morgan fingerprint density at radius 2 is 1.83 bits per heavy atom.